The highest BCUT2D eigenvalue weighted by Crippen LogP contribution is 2.22. The van der Waals surface area contributed by atoms with E-state index in [1.54, 1.807) is 0 Å². The lowest BCUT2D eigenvalue weighted by atomic mass is 9.87. The van der Waals surface area contributed by atoms with E-state index in [0.717, 1.165) is 19.7 Å². The van der Waals surface area contributed by atoms with Crippen LogP contribution >= 0.6 is 0 Å². The number of nitrogens with one attached hydrogen (secondary N) is 1. The molecule has 0 spiro atoms. The lowest BCUT2D eigenvalue weighted by molar-refractivity contribution is -0.00141. The molecule has 0 aliphatic rings. The molecule has 0 bridgehead atoms. The summed E-state index contributed by atoms with van der Waals surface area (Å²) < 4.78 is 5.68. The Hall–Kier alpha value is -0.0800. The SMILES string of the molecule is CCCCCC(C)(C)CNCCOC(C)(C)C. The first-order valence-electron chi connectivity index (χ1n) is 7.11. The van der Waals surface area contributed by atoms with Crippen molar-refractivity contribution in [2.24, 2.45) is 5.41 Å². The number of hydrogen-bond acceptors (Lipinski definition) is 2. The van der Waals surface area contributed by atoms with Crippen molar-refractivity contribution in [1.82, 2.24) is 5.32 Å². The molecular formula is C15H33NO. The molecule has 17 heavy (non-hydrogen) atoms. The molecule has 1 N–H and O–H groups in total. The largest absolute Gasteiger partial charge is 0.375 e. The molecule has 0 saturated carbocycles. The zero-order chi connectivity index (χ0) is 13.4. The van der Waals surface area contributed by atoms with Crippen molar-refractivity contribution >= 4 is 0 Å². The standard InChI is InChI=1S/C15H33NO/c1-7-8-9-10-15(5,6)13-16-11-12-17-14(2,3)4/h16H,7-13H2,1-6H3. The average molecular weight is 243 g/mol. The van der Waals surface area contributed by atoms with Crippen LogP contribution in [0.4, 0.5) is 0 Å². The third kappa shape index (κ3) is 12.2. The van der Waals surface area contributed by atoms with Gasteiger partial charge in [0.1, 0.15) is 0 Å². The first kappa shape index (κ1) is 16.9. The maximum Gasteiger partial charge on any atom is 0.0599 e. The molecular weight excluding hydrogens is 210 g/mol. The molecule has 0 rings (SSSR count). The highest BCUT2D eigenvalue weighted by atomic mass is 16.5. The smallest absolute Gasteiger partial charge is 0.0599 e. The number of unbranched alkanes of at least 4 members (excludes halogenated alkanes) is 2. The summed E-state index contributed by atoms with van der Waals surface area (Å²) in [6.45, 7) is 16.1. The molecule has 2 heteroatoms. The fourth-order valence-electron chi connectivity index (χ4n) is 1.80. The van der Waals surface area contributed by atoms with Crippen molar-refractivity contribution < 1.29 is 4.74 Å². The maximum absolute atomic E-state index is 5.68. The molecule has 0 unspecified atom stereocenters. The zero-order valence-electron chi connectivity index (χ0n) is 12.9. The highest BCUT2D eigenvalue weighted by molar-refractivity contribution is 4.71. The van der Waals surface area contributed by atoms with E-state index in [1.165, 1.54) is 25.7 Å². The molecule has 0 aromatic carbocycles. The molecule has 0 aliphatic carbocycles. The van der Waals surface area contributed by atoms with Crippen molar-refractivity contribution in [3.8, 4) is 0 Å². The monoisotopic (exact) mass is 243 g/mol. The van der Waals surface area contributed by atoms with Gasteiger partial charge in [-0.3, -0.25) is 0 Å². The van der Waals surface area contributed by atoms with Crippen LogP contribution < -0.4 is 5.32 Å². The Bertz CT molecular complexity index is 182. The van der Waals surface area contributed by atoms with E-state index in [-0.39, 0.29) is 5.60 Å². The van der Waals surface area contributed by atoms with Gasteiger partial charge < -0.3 is 10.1 Å². The first-order chi connectivity index (χ1) is 7.77. The molecule has 0 amide bonds. The van der Waals surface area contributed by atoms with Gasteiger partial charge in [0.2, 0.25) is 0 Å². The summed E-state index contributed by atoms with van der Waals surface area (Å²) in [4.78, 5) is 0. The van der Waals surface area contributed by atoms with E-state index in [0.29, 0.717) is 5.41 Å². The zero-order valence-corrected chi connectivity index (χ0v) is 12.9. The van der Waals surface area contributed by atoms with Crippen LogP contribution in [0.2, 0.25) is 0 Å². The summed E-state index contributed by atoms with van der Waals surface area (Å²) in [7, 11) is 0. The Morgan fingerprint density at radius 2 is 1.65 bits per heavy atom. The van der Waals surface area contributed by atoms with Gasteiger partial charge in [0, 0.05) is 13.1 Å². The quantitative estimate of drug-likeness (QED) is 0.618. The summed E-state index contributed by atoms with van der Waals surface area (Å²) in [5.41, 5.74) is 0.398. The van der Waals surface area contributed by atoms with Crippen molar-refractivity contribution in [1.29, 1.82) is 0 Å². The van der Waals surface area contributed by atoms with E-state index in [4.69, 9.17) is 4.74 Å². The van der Waals surface area contributed by atoms with Gasteiger partial charge in [0.05, 0.1) is 12.2 Å². The lowest BCUT2D eigenvalue weighted by Gasteiger charge is -2.26. The van der Waals surface area contributed by atoms with E-state index >= 15 is 0 Å². The Morgan fingerprint density at radius 3 is 2.18 bits per heavy atom. The fourth-order valence-corrected chi connectivity index (χ4v) is 1.80. The molecule has 0 saturated heterocycles. The van der Waals surface area contributed by atoms with Crippen LogP contribution in [-0.4, -0.2) is 25.3 Å². The summed E-state index contributed by atoms with van der Waals surface area (Å²) in [5, 5.41) is 3.50. The van der Waals surface area contributed by atoms with Gasteiger partial charge in [-0.1, -0.05) is 40.0 Å². The minimum Gasteiger partial charge on any atom is -0.375 e. The van der Waals surface area contributed by atoms with Gasteiger partial charge in [-0.2, -0.15) is 0 Å². The predicted molar refractivity (Wildman–Crippen MR) is 76.5 cm³/mol. The van der Waals surface area contributed by atoms with Crippen molar-refractivity contribution in [2.45, 2.75) is 72.8 Å². The maximum atomic E-state index is 5.68. The first-order valence-corrected chi connectivity index (χ1v) is 7.11. The van der Waals surface area contributed by atoms with Crippen LogP contribution in [0.3, 0.4) is 0 Å². The van der Waals surface area contributed by atoms with Crippen LogP contribution in [0.1, 0.15) is 67.2 Å². The van der Waals surface area contributed by atoms with Crippen LogP contribution in [0.15, 0.2) is 0 Å². The third-order valence-electron chi connectivity index (χ3n) is 2.87. The Balaban J connectivity index is 3.51. The van der Waals surface area contributed by atoms with Gasteiger partial charge in [0.15, 0.2) is 0 Å². The van der Waals surface area contributed by atoms with Crippen molar-refractivity contribution in [3.05, 3.63) is 0 Å². The highest BCUT2D eigenvalue weighted by Gasteiger charge is 2.16. The minimum atomic E-state index is -0.0156. The normalized spacial score (nSPS) is 13.1. The van der Waals surface area contributed by atoms with Crippen LogP contribution in [0.25, 0.3) is 0 Å². The topological polar surface area (TPSA) is 21.3 Å². The Kier molecular flexibility index (Phi) is 8.06. The molecule has 0 heterocycles. The number of ether oxygens (including phenoxy) is 1. The molecule has 0 aromatic heterocycles. The molecule has 0 aromatic rings. The summed E-state index contributed by atoms with van der Waals surface area (Å²) >= 11 is 0. The Morgan fingerprint density at radius 1 is 1.00 bits per heavy atom. The lowest BCUT2D eigenvalue weighted by Crippen LogP contribution is -2.33. The molecule has 2 nitrogen and oxygen atoms in total. The van der Waals surface area contributed by atoms with Crippen molar-refractivity contribution in [3.63, 3.8) is 0 Å². The van der Waals surface area contributed by atoms with Gasteiger partial charge >= 0.3 is 0 Å². The second kappa shape index (κ2) is 8.10. The van der Waals surface area contributed by atoms with E-state index in [9.17, 15) is 0 Å². The van der Waals surface area contributed by atoms with Gasteiger partial charge in [-0.05, 0) is 32.6 Å². The molecule has 0 atom stereocenters. The fraction of sp³-hybridized carbons (Fsp3) is 1.00. The van der Waals surface area contributed by atoms with E-state index in [2.05, 4.69) is 46.9 Å². The van der Waals surface area contributed by atoms with Crippen LogP contribution in [0, 0.1) is 5.41 Å². The molecule has 0 aliphatic heterocycles. The van der Waals surface area contributed by atoms with Gasteiger partial charge in [0.25, 0.3) is 0 Å². The minimum absolute atomic E-state index is 0.0156. The summed E-state index contributed by atoms with van der Waals surface area (Å²) in [6.07, 6.45) is 5.33. The predicted octanol–water partition coefficient (Wildman–Crippen LogP) is 4.00. The van der Waals surface area contributed by atoms with Gasteiger partial charge in [-0.15, -0.1) is 0 Å². The van der Waals surface area contributed by atoms with Crippen LogP contribution in [-0.2, 0) is 4.74 Å². The molecule has 104 valence electrons. The summed E-state index contributed by atoms with van der Waals surface area (Å²) in [6, 6.07) is 0. The molecule has 0 fully saturated rings. The summed E-state index contributed by atoms with van der Waals surface area (Å²) in [5.74, 6) is 0. The molecule has 0 radical (unpaired) electrons. The average Bonchev–Trinajstić information content (AvgIpc) is 2.15. The number of hydrogen-bond donors (Lipinski definition) is 1. The van der Waals surface area contributed by atoms with Gasteiger partial charge in [-0.25, -0.2) is 0 Å². The van der Waals surface area contributed by atoms with Crippen molar-refractivity contribution in [2.75, 3.05) is 19.7 Å². The second-order valence-corrected chi connectivity index (χ2v) is 6.76. The Labute approximate surface area is 109 Å². The second-order valence-electron chi connectivity index (χ2n) is 6.76. The van der Waals surface area contributed by atoms with Crippen LogP contribution in [0.5, 0.6) is 0 Å². The third-order valence-corrected chi connectivity index (χ3v) is 2.87. The van der Waals surface area contributed by atoms with E-state index in [1.807, 2.05) is 0 Å². The number of rotatable bonds is 9. The van der Waals surface area contributed by atoms with E-state index < -0.39 is 0 Å².